The lowest BCUT2D eigenvalue weighted by Crippen LogP contribution is -1.81. The van der Waals surface area contributed by atoms with Crippen molar-refractivity contribution in [2.24, 2.45) is 0 Å². The zero-order chi connectivity index (χ0) is 10.9. The molecular formula is C14H16O. The van der Waals surface area contributed by atoms with Gasteiger partial charge in [-0.2, -0.15) is 0 Å². The van der Waals surface area contributed by atoms with Crippen LogP contribution in [0.3, 0.4) is 0 Å². The molecular weight excluding hydrogens is 184 g/mol. The molecule has 0 aromatic heterocycles. The summed E-state index contributed by atoms with van der Waals surface area (Å²) in [6.45, 7) is 1.98. The van der Waals surface area contributed by atoms with Gasteiger partial charge < -0.3 is 4.74 Å². The van der Waals surface area contributed by atoms with Crippen LogP contribution in [0.15, 0.2) is 60.4 Å². The first-order chi connectivity index (χ1) is 7.36. The van der Waals surface area contributed by atoms with Gasteiger partial charge in [0, 0.05) is 0 Å². The van der Waals surface area contributed by atoms with Crippen LogP contribution in [0.2, 0.25) is 0 Å². The van der Waals surface area contributed by atoms with Gasteiger partial charge >= 0.3 is 0 Å². The van der Waals surface area contributed by atoms with E-state index in [4.69, 9.17) is 4.74 Å². The van der Waals surface area contributed by atoms with Crippen LogP contribution < -0.4 is 0 Å². The molecule has 0 unspecified atom stereocenters. The van der Waals surface area contributed by atoms with Crippen LogP contribution in [-0.4, -0.2) is 7.11 Å². The number of hydrogen-bond acceptors (Lipinski definition) is 1. The average molecular weight is 200 g/mol. The molecule has 0 bridgehead atoms. The Hall–Kier alpha value is -1.76. The van der Waals surface area contributed by atoms with Crippen molar-refractivity contribution in [3.05, 3.63) is 66.0 Å². The van der Waals surface area contributed by atoms with Crippen molar-refractivity contribution < 1.29 is 4.74 Å². The molecule has 0 aliphatic rings. The topological polar surface area (TPSA) is 9.23 Å². The summed E-state index contributed by atoms with van der Waals surface area (Å²) in [6.07, 6.45) is 9.84. The van der Waals surface area contributed by atoms with E-state index in [-0.39, 0.29) is 0 Å². The van der Waals surface area contributed by atoms with Crippen LogP contribution in [0.1, 0.15) is 12.5 Å². The molecule has 1 nitrogen and oxygen atoms in total. The van der Waals surface area contributed by atoms with Crippen LogP contribution in [-0.2, 0) is 4.74 Å². The van der Waals surface area contributed by atoms with Gasteiger partial charge in [-0.05, 0) is 24.6 Å². The Bertz CT molecular complexity index is 358. The maximum absolute atomic E-state index is 5.24. The van der Waals surface area contributed by atoms with Crippen molar-refractivity contribution in [3.63, 3.8) is 0 Å². The minimum atomic E-state index is 0.847. The standard InChI is InChI=1S/C14H16O/c1-3-4-6-11-14(15-2)12-13-9-7-5-8-10-13/h3-12H,1-2H3/b4-3-,11-6-,14-12-. The molecule has 1 aromatic rings. The first-order valence-electron chi connectivity index (χ1n) is 4.97. The van der Waals surface area contributed by atoms with E-state index in [0.29, 0.717) is 0 Å². The molecule has 0 saturated carbocycles. The maximum atomic E-state index is 5.24. The number of methoxy groups -OCH3 is 1. The molecule has 1 heteroatoms. The Morgan fingerprint density at radius 1 is 1.13 bits per heavy atom. The van der Waals surface area contributed by atoms with E-state index < -0.39 is 0 Å². The third-order valence-electron chi connectivity index (χ3n) is 1.91. The van der Waals surface area contributed by atoms with E-state index in [2.05, 4.69) is 0 Å². The van der Waals surface area contributed by atoms with E-state index in [9.17, 15) is 0 Å². The fourth-order valence-electron chi connectivity index (χ4n) is 1.15. The molecule has 0 atom stereocenters. The molecule has 0 heterocycles. The molecule has 0 saturated heterocycles. The lowest BCUT2D eigenvalue weighted by Gasteiger charge is -1.99. The summed E-state index contributed by atoms with van der Waals surface area (Å²) in [6, 6.07) is 10.1. The molecule has 78 valence electrons. The summed E-state index contributed by atoms with van der Waals surface area (Å²) in [5.74, 6) is 0.847. The van der Waals surface area contributed by atoms with Gasteiger partial charge in [-0.15, -0.1) is 0 Å². The second-order valence-electron chi connectivity index (χ2n) is 3.05. The van der Waals surface area contributed by atoms with Crippen LogP contribution >= 0.6 is 0 Å². The SMILES string of the molecule is C\C=C/C=C\C(=C\c1ccccc1)OC. The summed E-state index contributed by atoms with van der Waals surface area (Å²) in [5.41, 5.74) is 1.14. The summed E-state index contributed by atoms with van der Waals surface area (Å²) < 4.78 is 5.24. The summed E-state index contributed by atoms with van der Waals surface area (Å²) >= 11 is 0. The Labute approximate surface area is 91.4 Å². The third kappa shape index (κ3) is 4.32. The Kier molecular flexibility index (Phi) is 5.02. The molecule has 0 amide bonds. The number of benzene rings is 1. The molecule has 0 radical (unpaired) electrons. The van der Waals surface area contributed by atoms with Gasteiger partial charge in [0.05, 0.1) is 7.11 Å². The van der Waals surface area contributed by atoms with Gasteiger partial charge in [0.2, 0.25) is 0 Å². The number of hydrogen-bond donors (Lipinski definition) is 0. The van der Waals surface area contributed by atoms with Crippen LogP contribution in [0.4, 0.5) is 0 Å². The molecule has 15 heavy (non-hydrogen) atoms. The first-order valence-corrected chi connectivity index (χ1v) is 4.97. The predicted molar refractivity (Wildman–Crippen MR) is 65.4 cm³/mol. The lowest BCUT2D eigenvalue weighted by molar-refractivity contribution is 0.310. The molecule has 0 spiro atoms. The van der Waals surface area contributed by atoms with Gasteiger partial charge in [-0.25, -0.2) is 0 Å². The smallest absolute Gasteiger partial charge is 0.119 e. The van der Waals surface area contributed by atoms with Crippen LogP contribution in [0, 0.1) is 0 Å². The number of ether oxygens (including phenoxy) is 1. The highest BCUT2D eigenvalue weighted by atomic mass is 16.5. The normalized spacial score (nSPS) is 12.5. The van der Waals surface area contributed by atoms with Gasteiger partial charge in [0.25, 0.3) is 0 Å². The third-order valence-corrected chi connectivity index (χ3v) is 1.91. The highest BCUT2D eigenvalue weighted by Gasteiger charge is 1.90. The van der Waals surface area contributed by atoms with Gasteiger partial charge in [-0.1, -0.05) is 48.6 Å². The van der Waals surface area contributed by atoms with Crippen LogP contribution in [0.5, 0.6) is 0 Å². The monoisotopic (exact) mass is 200 g/mol. The van der Waals surface area contributed by atoms with Gasteiger partial charge in [0.15, 0.2) is 0 Å². The van der Waals surface area contributed by atoms with E-state index in [1.165, 1.54) is 0 Å². The molecule has 1 rings (SSSR count). The van der Waals surface area contributed by atoms with Crippen molar-refractivity contribution >= 4 is 6.08 Å². The fraction of sp³-hybridized carbons (Fsp3) is 0.143. The lowest BCUT2D eigenvalue weighted by atomic mass is 10.2. The largest absolute Gasteiger partial charge is 0.497 e. The number of rotatable bonds is 4. The Morgan fingerprint density at radius 2 is 1.87 bits per heavy atom. The van der Waals surface area contributed by atoms with Crippen molar-refractivity contribution in [2.75, 3.05) is 7.11 Å². The maximum Gasteiger partial charge on any atom is 0.119 e. The van der Waals surface area contributed by atoms with Gasteiger partial charge in [0.1, 0.15) is 5.76 Å². The molecule has 0 aliphatic carbocycles. The quantitative estimate of drug-likeness (QED) is 0.530. The van der Waals surface area contributed by atoms with Crippen molar-refractivity contribution in [3.8, 4) is 0 Å². The van der Waals surface area contributed by atoms with Crippen LogP contribution in [0.25, 0.3) is 6.08 Å². The predicted octanol–water partition coefficient (Wildman–Crippen LogP) is 3.81. The molecule has 0 aliphatic heterocycles. The number of allylic oxidation sites excluding steroid dienone is 4. The van der Waals surface area contributed by atoms with Crippen molar-refractivity contribution in [1.29, 1.82) is 0 Å². The Balaban J connectivity index is 2.78. The van der Waals surface area contributed by atoms with Crippen molar-refractivity contribution in [1.82, 2.24) is 0 Å². The molecule has 0 N–H and O–H groups in total. The summed E-state index contributed by atoms with van der Waals surface area (Å²) in [4.78, 5) is 0. The second kappa shape index (κ2) is 6.66. The highest BCUT2D eigenvalue weighted by molar-refractivity contribution is 5.53. The minimum absolute atomic E-state index is 0.847. The van der Waals surface area contributed by atoms with Gasteiger partial charge in [-0.3, -0.25) is 0 Å². The second-order valence-corrected chi connectivity index (χ2v) is 3.05. The zero-order valence-electron chi connectivity index (χ0n) is 9.18. The highest BCUT2D eigenvalue weighted by Crippen LogP contribution is 2.08. The summed E-state index contributed by atoms with van der Waals surface area (Å²) in [5, 5.41) is 0. The average Bonchev–Trinajstić information content (AvgIpc) is 2.29. The molecule has 0 fully saturated rings. The Morgan fingerprint density at radius 3 is 2.47 bits per heavy atom. The molecule has 1 aromatic carbocycles. The zero-order valence-corrected chi connectivity index (χ0v) is 9.18. The van der Waals surface area contributed by atoms with E-state index in [1.807, 2.05) is 67.6 Å². The minimum Gasteiger partial charge on any atom is -0.497 e. The van der Waals surface area contributed by atoms with E-state index >= 15 is 0 Å². The van der Waals surface area contributed by atoms with E-state index in [0.717, 1.165) is 11.3 Å². The first kappa shape index (κ1) is 11.3. The fourth-order valence-corrected chi connectivity index (χ4v) is 1.15. The van der Waals surface area contributed by atoms with Crippen molar-refractivity contribution in [2.45, 2.75) is 6.92 Å². The van der Waals surface area contributed by atoms with E-state index in [1.54, 1.807) is 7.11 Å². The summed E-state index contributed by atoms with van der Waals surface area (Å²) in [7, 11) is 1.68.